The normalized spacial score (nSPS) is 23.5. The summed E-state index contributed by atoms with van der Waals surface area (Å²) in [6, 6.07) is 4.35. The molecule has 2 N–H and O–H groups in total. The van der Waals surface area contributed by atoms with E-state index in [2.05, 4.69) is 15.5 Å². The standard InChI is InChI=1S/C17H23ClFN3O2.2ClH/c18-15-8-13(19)4-3-12(15)9-22-6-1-2-14(10-22)21-17(23)16-11-24-7-5-20-16;;/h3-4,8,14,16,20H,1-2,5-7,9-11H2,(H,21,23);2*1H. The van der Waals surface area contributed by atoms with Gasteiger partial charge in [0.2, 0.25) is 5.91 Å². The lowest BCUT2D eigenvalue weighted by Crippen LogP contribution is -2.56. The molecule has 2 saturated heterocycles. The van der Waals surface area contributed by atoms with Crippen LogP contribution in [0.2, 0.25) is 5.02 Å². The Kier molecular flexibility index (Phi) is 10.1. The third-order valence-corrected chi connectivity index (χ3v) is 4.85. The van der Waals surface area contributed by atoms with E-state index in [1.54, 1.807) is 6.07 Å². The quantitative estimate of drug-likeness (QED) is 0.773. The zero-order valence-corrected chi connectivity index (χ0v) is 16.8. The minimum absolute atomic E-state index is 0. The maximum atomic E-state index is 13.1. The molecule has 2 aliphatic rings. The van der Waals surface area contributed by atoms with Crippen molar-refractivity contribution in [2.45, 2.75) is 31.5 Å². The van der Waals surface area contributed by atoms with Crippen LogP contribution >= 0.6 is 36.4 Å². The van der Waals surface area contributed by atoms with Crippen molar-refractivity contribution in [1.82, 2.24) is 15.5 Å². The maximum absolute atomic E-state index is 13.1. The van der Waals surface area contributed by atoms with E-state index in [0.29, 0.717) is 31.3 Å². The molecule has 0 spiro atoms. The summed E-state index contributed by atoms with van der Waals surface area (Å²) >= 11 is 6.11. The number of carbonyl (C=O) groups excluding carboxylic acids is 1. The van der Waals surface area contributed by atoms with Crippen LogP contribution in [-0.4, -0.2) is 55.7 Å². The van der Waals surface area contributed by atoms with Gasteiger partial charge in [-0.15, -0.1) is 24.8 Å². The Hall–Kier alpha value is -0.630. The molecule has 0 saturated carbocycles. The average Bonchev–Trinajstić information content (AvgIpc) is 2.58. The van der Waals surface area contributed by atoms with Gasteiger partial charge in [-0.05, 0) is 37.1 Å². The van der Waals surface area contributed by atoms with E-state index >= 15 is 0 Å². The monoisotopic (exact) mass is 427 g/mol. The van der Waals surface area contributed by atoms with Gasteiger partial charge in [-0.2, -0.15) is 0 Å². The van der Waals surface area contributed by atoms with Gasteiger partial charge >= 0.3 is 0 Å². The highest BCUT2D eigenvalue weighted by molar-refractivity contribution is 6.31. The van der Waals surface area contributed by atoms with E-state index in [1.807, 2.05) is 0 Å². The lowest BCUT2D eigenvalue weighted by atomic mass is 10.0. The van der Waals surface area contributed by atoms with Crippen LogP contribution in [-0.2, 0) is 16.1 Å². The van der Waals surface area contributed by atoms with Crippen molar-refractivity contribution in [3.63, 3.8) is 0 Å². The number of benzene rings is 1. The minimum atomic E-state index is -0.324. The maximum Gasteiger partial charge on any atom is 0.239 e. The Bertz CT molecular complexity index is 588. The van der Waals surface area contributed by atoms with Crippen molar-refractivity contribution in [3.05, 3.63) is 34.6 Å². The number of morpholine rings is 1. The number of hydrogen-bond acceptors (Lipinski definition) is 4. The SMILES string of the molecule is Cl.Cl.O=C(NC1CCCN(Cc2ccc(F)cc2Cl)C1)C1COCCN1. The van der Waals surface area contributed by atoms with Crippen LogP contribution in [0.15, 0.2) is 18.2 Å². The first-order valence-corrected chi connectivity index (χ1v) is 8.77. The molecule has 5 nitrogen and oxygen atoms in total. The molecule has 2 fully saturated rings. The van der Waals surface area contributed by atoms with Crippen LogP contribution in [0, 0.1) is 5.82 Å². The number of nitrogens with zero attached hydrogens (tertiary/aromatic N) is 1. The summed E-state index contributed by atoms with van der Waals surface area (Å²) in [5.74, 6) is -0.323. The fraction of sp³-hybridized carbons (Fsp3) is 0.588. The van der Waals surface area contributed by atoms with Crippen LogP contribution in [0.25, 0.3) is 0 Å². The van der Waals surface area contributed by atoms with Gasteiger partial charge in [0, 0.05) is 30.7 Å². The van der Waals surface area contributed by atoms with Gasteiger partial charge in [0.1, 0.15) is 11.9 Å². The van der Waals surface area contributed by atoms with E-state index in [9.17, 15) is 9.18 Å². The number of halogens is 4. The number of rotatable bonds is 4. The van der Waals surface area contributed by atoms with Crippen LogP contribution < -0.4 is 10.6 Å². The molecule has 26 heavy (non-hydrogen) atoms. The Morgan fingerprint density at radius 1 is 1.42 bits per heavy atom. The van der Waals surface area contributed by atoms with Gasteiger partial charge < -0.3 is 15.4 Å². The molecule has 2 unspecified atom stereocenters. The molecule has 3 rings (SSSR count). The molecule has 9 heteroatoms. The Morgan fingerprint density at radius 3 is 2.92 bits per heavy atom. The Morgan fingerprint density at radius 2 is 2.23 bits per heavy atom. The first kappa shape index (κ1) is 23.4. The lowest BCUT2D eigenvalue weighted by molar-refractivity contribution is -0.127. The third-order valence-electron chi connectivity index (χ3n) is 4.50. The Balaban J connectivity index is 0.00000169. The first-order valence-electron chi connectivity index (χ1n) is 8.39. The summed E-state index contributed by atoms with van der Waals surface area (Å²) in [6.45, 7) is 4.17. The molecule has 0 radical (unpaired) electrons. The van der Waals surface area contributed by atoms with Crippen LogP contribution in [0.5, 0.6) is 0 Å². The smallest absolute Gasteiger partial charge is 0.239 e. The fourth-order valence-corrected chi connectivity index (χ4v) is 3.47. The second kappa shape index (κ2) is 11.3. The van der Waals surface area contributed by atoms with Crippen molar-refractivity contribution in [3.8, 4) is 0 Å². The van der Waals surface area contributed by atoms with Crippen molar-refractivity contribution < 1.29 is 13.9 Å². The van der Waals surface area contributed by atoms with E-state index in [1.165, 1.54) is 12.1 Å². The summed E-state index contributed by atoms with van der Waals surface area (Å²) in [7, 11) is 0. The highest BCUT2D eigenvalue weighted by atomic mass is 35.5. The van der Waals surface area contributed by atoms with Crippen molar-refractivity contribution in [1.29, 1.82) is 0 Å². The number of carbonyl (C=O) groups is 1. The van der Waals surface area contributed by atoms with Gasteiger partial charge in [-0.25, -0.2) is 4.39 Å². The summed E-state index contributed by atoms with van der Waals surface area (Å²) in [4.78, 5) is 14.5. The molecule has 2 heterocycles. The molecule has 2 aliphatic heterocycles. The summed E-state index contributed by atoms with van der Waals surface area (Å²) in [5, 5.41) is 6.73. The highest BCUT2D eigenvalue weighted by Gasteiger charge is 2.26. The van der Waals surface area contributed by atoms with Crippen LogP contribution in [0.1, 0.15) is 18.4 Å². The third kappa shape index (κ3) is 6.51. The first-order chi connectivity index (χ1) is 11.6. The Labute approximate surface area is 170 Å². The van der Waals surface area contributed by atoms with Gasteiger partial charge in [-0.1, -0.05) is 17.7 Å². The molecule has 1 aromatic rings. The van der Waals surface area contributed by atoms with Gasteiger partial charge in [0.05, 0.1) is 13.2 Å². The highest BCUT2D eigenvalue weighted by Crippen LogP contribution is 2.21. The molecule has 0 aromatic heterocycles. The molecule has 148 valence electrons. The zero-order valence-electron chi connectivity index (χ0n) is 14.4. The van der Waals surface area contributed by atoms with Gasteiger partial charge in [0.15, 0.2) is 0 Å². The lowest BCUT2D eigenvalue weighted by Gasteiger charge is -2.34. The minimum Gasteiger partial charge on any atom is -0.378 e. The molecular formula is C17H25Cl3FN3O2. The zero-order chi connectivity index (χ0) is 16.9. The van der Waals surface area contributed by atoms with Crippen molar-refractivity contribution in [2.24, 2.45) is 0 Å². The summed E-state index contributed by atoms with van der Waals surface area (Å²) < 4.78 is 18.5. The van der Waals surface area contributed by atoms with E-state index in [0.717, 1.165) is 31.5 Å². The number of hydrogen-bond donors (Lipinski definition) is 2. The predicted molar refractivity (Wildman–Crippen MR) is 105 cm³/mol. The molecule has 0 bridgehead atoms. The van der Waals surface area contributed by atoms with Crippen molar-refractivity contribution in [2.75, 3.05) is 32.8 Å². The van der Waals surface area contributed by atoms with Crippen molar-refractivity contribution >= 4 is 42.3 Å². The molecule has 0 aliphatic carbocycles. The van der Waals surface area contributed by atoms with E-state index in [-0.39, 0.29) is 48.6 Å². The van der Waals surface area contributed by atoms with Crippen LogP contribution in [0.4, 0.5) is 4.39 Å². The second-order valence-electron chi connectivity index (χ2n) is 6.40. The number of likely N-dealkylation sites (tertiary alicyclic amines) is 1. The number of amides is 1. The number of piperidine rings is 1. The number of nitrogens with one attached hydrogen (secondary N) is 2. The number of ether oxygens (including phenoxy) is 1. The van der Waals surface area contributed by atoms with Gasteiger partial charge in [0.25, 0.3) is 0 Å². The van der Waals surface area contributed by atoms with Gasteiger partial charge in [-0.3, -0.25) is 9.69 Å². The largest absolute Gasteiger partial charge is 0.378 e. The topological polar surface area (TPSA) is 53.6 Å². The van der Waals surface area contributed by atoms with E-state index < -0.39 is 0 Å². The molecule has 2 atom stereocenters. The molecular weight excluding hydrogens is 404 g/mol. The average molecular weight is 429 g/mol. The van der Waals surface area contributed by atoms with Crippen LogP contribution in [0.3, 0.4) is 0 Å². The van der Waals surface area contributed by atoms with E-state index in [4.69, 9.17) is 16.3 Å². The molecule has 1 amide bonds. The second-order valence-corrected chi connectivity index (χ2v) is 6.81. The fourth-order valence-electron chi connectivity index (χ4n) is 3.24. The predicted octanol–water partition coefficient (Wildman–Crippen LogP) is 2.39. The molecule has 1 aromatic carbocycles. The summed E-state index contributed by atoms with van der Waals surface area (Å²) in [6.07, 6.45) is 1.98. The summed E-state index contributed by atoms with van der Waals surface area (Å²) in [5.41, 5.74) is 0.910.